The van der Waals surface area contributed by atoms with Gasteiger partial charge in [-0.25, -0.2) is 12.8 Å². The Morgan fingerprint density at radius 2 is 1.73 bits per heavy atom. The molecule has 2 aromatic carbocycles. The first-order chi connectivity index (χ1) is 14.3. The molecule has 0 aliphatic heterocycles. The van der Waals surface area contributed by atoms with Gasteiger partial charge in [-0.2, -0.15) is 4.72 Å². The summed E-state index contributed by atoms with van der Waals surface area (Å²) in [5.41, 5.74) is 1.57. The van der Waals surface area contributed by atoms with Crippen LogP contribution in [0.15, 0.2) is 70.0 Å². The normalized spacial score (nSPS) is 12.5. The number of furan rings is 1. The monoisotopic (exact) mass is 430 g/mol. The third kappa shape index (κ3) is 5.34. The highest BCUT2D eigenvalue weighted by atomic mass is 32.2. The Bertz CT molecular complexity index is 1130. The van der Waals surface area contributed by atoms with Crippen LogP contribution in [0.5, 0.6) is 0 Å². The van der Waals surface area contributed by atoms with Crippen LogP contribution < -0.4 is 10.0 Å². The Kier molecular flexibility index (Phi) is 6.69. The van der Waals surface area contributed by atoms with Crippen molar-refractivity contribution in [3.05, 3.63) is 89.1 Å². The molecular formula is C22H23FN2O4S. The van der Waals surface area contributed by atoms with E-state index in [1.807, 2.05) is 12.1 Å². The smallest absolute Gasteiger partial charge is 0.244 e. The van der Waals surface area contributed by atoms with Crippen LogP contribution in [-0.2, 0) is 27.8 Å². The fraction of sp³-hybridized carbons (Fsp3) is 0.227. The Labute approximate surface area is 175 Å². The molecule has 3 rings (SSSR count). The van der Waals surface area contributed by atoms with Gasteiger partial charge < -0.3 is 9.73 Å². The van der Waals surface area contributed by atoms with Crippen molar-refractivity contribution in [2.75, 3.05) is 0 Å². The molecule has 8 heteroatoms. The minimum absolute atomic E-state index is 0.115. The van der Waals surface area contributed by atoms with E-state index in [9.17, 15) is 17.6 Å². The van der Waals surface area contributed by atoms with Gasteiger partial charge in [0.2, 0.25) is 15.9 Å². The molecule has 0 fully saturated rings. The van der Waals surface area contributed by atoms with Crippen molar-refractivity contribution in [2.24, 2.45) is 0 Å². The van der Waals surface area contributed by atoms with Crippen LogP contribution in [0.3, 0.4) is 0 Å². The molecule has 0 saturated carbocycles. The van der Waals surface area contributed by atoms with Crippen LogP contribution >= 0.6 is 0 Å². The average Bonchev–Trinajstić information content (AvgIpc) is 3.03. The Morgan fingerprint density at radius 1 is 1.07 bits per heavy atom. The molecule has 6 nitrogen and oxygen atoms in total. The first-order valence-electron chi connectivity index (χ1n) is 9.40. The van der Waals surface area contributed by atoms with Gasteiger partial charge in [0.05, 0.1) is 0 Å². The summed E-state index contributed by atoms with van der Waals surface area (Å²) in [4.78, 5) is 12.4. The van der Waals surface area contributed by atoms with Crippen LogP contribution in [0, 0.1) is 19.7 Å². The highest BCUT2D eigenvalue weighted by Gasteiger charge is 2.28. The first-order valence-corrected chi connectivity index (χ1v) is 10.9. The van der Waals surface area contributed by atoms with Crippen molar-refractivity contribution < 1.29 is 22.0 Å². The summed E-state index contributed by atoms with van der Waals surface area (Å²) in [6, 6.07) is 14.7. The lowest BCUT2D eigenvalue weighted by Crippen LogP contribution is -2.47. The Hall–Kier alpha value is -2.97. The Morgan fingerprint density at radius 3 is 2.37 bits per heavy atom. The summed E-state index contributed by atoms with van der Waals surface area (Å²) in [6.45, 7) is 3.78. The van der Waals surface area contributed by atoms with Gasteiger partial charge in [0.25, 0.3) is 0 Å². The predicted octanol–water partition coefficient (Wildman–Crippen LogP) is 3.24. The van der Waals surface area contributed by atoms with Gasteiger partial charge in [0, 0.05) is 12.1 Å². The molecule has 3 aromatic rings. The molecule has 0 radical (unpaired) electrons. The van der Waals surface area contributed by atoms with E-state index in [0.29, 0.717) is 5.76 Å². The summed E-state index contributed by atoms with van der Waals surface area (Å²) in [5, 5.41) is 2.74. The third-order valence-electron chi connectivity index (χ3n) is 4.62. The third-order valence-corrected chi connectivity index (χ3v) is 6.12. The topological polar surface area (TPSA) is 88.4 Å². The van der Waals surface area contributed by atoms with Gasteiger partial charge in [0.15, 0.2) is 0 Å². The van der Waals surface area contributed by atoms with Crippen molar-refractivity contribution in [3.8, 4) is 0 Å². The SMILES string of the molecule is Cc1cc(CNC(=O)[C@H](Cc2ccccc2)NS(=O)(=O)c2ccccc2F)c(C)o1. The number of sulfonamides is 1. The van der Waals surface area contributed by atoms with E-state index >= 15 is 0 Å². The van der Waals surface area contributed by atoms with E-state index in [2.05, 4.69) is 10.0 Å². The van der Waals surface area contributed by atoms with Crippen molar-refractivity contribution in [3.63, 3.8) is 0 Å². The molecule has 0 bridgehead atoms. The number of carbonyl (C=O) groups excluding carboxylic acids is 1. The number of carbonyl (C=O) groups is 1. The van der Waals surface area contributed by atoms with E-state index < -0.39 is 32.7 Å². The largest absolute Gasteiger partial charge is 0.466 e. The molecule has 0 aliphatic carbocycles. The maximum atomic E-state index is 14.0. The van der Waals surface area contributed by atoms with Crippen molar-refractivity contribution in [2.45, 2.75) is 37.8 Å². The molecule has 1 heterocycles. The zero-order chi connectivity index (χ0) is 21.7. The van der Waals surface area contributed by atoms with Crippen molar-refractivity contribution in [1.29, 1.82) is 0 Å². The lowest BCUT2D eigenvalue weighted by molar-refractivity contribution is -0.122. The summed E-state index contributed by atoms with van der Waals surface area (Å²) in [5.74, 6) is 0.00238. The second-order valence-corrected chi connectivity index (χ2v) is 8.63. The Balaban J connectivity index is 1.81. The van der Waals surface area contributed by atoms with Crippen LogP contribution in [0.2, 0.25) is 0 Å². The van der Waals surface area contributed by atoms with E-state index in [4.69, 9.17) is 4.42 Å². The number of hydrogen-bond acceptors (Lipinski definition) is 4. The molecule has 30 heavy (non-hydrogen) atoms. The number of amides is 1. The van der Waals surface area contributed by atoms with Crippen LogP contribution in [-0.4, -0.2) is 20.4 Å². The van der Waals surface area contributed by atoms with Crippen LogP contribution in [0.25, 0.3) is 0 Å². The van der Waals surface area contributed by atoms with Crippen molar-refractivity contribution >= 4 is 15.9 Å². The maximum absolute atomic E-state index is 14.0. The standard InChI is InChI=1S/C22H23FN2O4S/c1-15-12-18(16(2)29-15)14-24-22(26)20(13-17-8-4-3-5-9-17)25-30(27,28)21-11-7-6-10-19(21)23/h3-12,20,25H,13-14H2,1-2H3,(H,24,26)/t20-/m0/s1. The summed E-state index contributed by atoms with van der Waals surface area (Å²) in [6.07, 6.45) is 0.115. The van der Waals surface area contributed by atoms with Gasteiger partial charge in [-0.15, -0.1) is 0 Å². The van der Waals surface area contributed by atoms with Crippen LogP contribution in [0.4, 0.5) is 4.39 Å². The second kappa shape index (κ2) is 9.23. The summed E-state index contributed by atoms with van der Waals surface area (Å²) < 4.78 is 47.3. The minimum atomic E-state index is -4.25. The van der Waals surface area contributed by atoms with Crippen LogP contribution in [0.1, 0.15) is 22.6 Å². The number of halogens is 1. The second-order valence-electron chi connectivity index (χ2n) is 6.95. The highest BCUT2D eigenvalue weighted by molar-refractivity contribution is 7.89. The first kappa shape index (κ1) is 21.7. The number of hydrogen-bond donors (Lipinski definition) is 2. The van der Waals surface area contributed by atoms with Gasteiger partial charge in [-0.05, 0) is 44.0 Å². The number of rotatable bonds is 8. The zero-order valence-electron chi connectivity index (χ0n) is 16.7. The lowest BCUT2D eigenvalue weighted by Gasteiger charge is -2.19. The van der Waals surface area contributed by atoms with Gasteiger partial charge >= 0.3 is 0 Å². The van der Waals surface area contributed by atoms with E-state index in [1.54, 1.807) is 38.1 Å². The molecule has 1 amide bonds. The molecule has 158 valence electrons. The zero-order valence-corrected chi connectivity index (χ0v) is 17.5. The molecule has 0 spiro atoms. The summed E-state index contributed by atoms with van der Waals surface area (Å²) in [7, 11) is -4.25. The molecule has 1 aromatic heterocycles. The van der Waals surface area contributed by atoms with Crippen molar-refractivity contribution in [1.82, 2.24) is 10.0 Å². The van der Waals surface area contributed by atoms with E-state index in [-0.39, 0.29) is 13.0 Å². The fourth-order valence-electron chi connectivity index (χ4n) is 3.12. The highest BCUT2D eigenvalue weighted by Crippen LogP contribution is 2.16. The fourth-order valence-corrected chi connectivity index (χ4v) is 4.39. The van der Waals surface area contributed by atoms with Gasteiger partial charge in [-0.1, -0.05) is 42.5 Å². The molecule has 0 saturated heterocycles. The van der Waals surface area contributed by atoms with E-state index in [0.717, 1.165) is 29.0 Å². The van der Waals surface area contributed by atoms with E-state index in [1.165, 1.54) is 12.1 Å². The molecular weight excluding hydrogens is 407 g/mol. The average molecular weight is 431 g/mol. The number of benzene rings is 2. The summed E-state index contributed by atoms with van der Waals surface area (Å²) >= 11 is 0. The molecule has 0 aliphatic rings. The molecule has 1 atom stereocenters. The predicted molar refractivity (Wildman–Crippen MR) is 111 cm³/mol. The number of aryl methyl sites for hydroxylation is 2. The minimum Gasteiger partial charge on any atom is -0.466 e. The molecule has 0 unspecified atom stereocenters. The quantitative estimate of drug-likeness (QED) is 0.574. The lowest BCUT2D eigenvalue weighted by atomic mass is 10.1. The molecule has 2 N–H and O–H groups in total. The number of nitrogens with one attached hydrogen (secondary N) is 2. The maximum Gasteiger partial charge on any atom is 0.244 e. The van der Waals surface area contributed by atoms with Gasteiger partial charge in [-0.3, -0.25) is 4.79 Å². The van der Waals surface area contributed by atoms with Gasteiger partial charge in [0.1, 0.15) is 28.3 Å².